The second kappa shape index (κ2) is 4.96. The van der Waals surface area contributed by atoms with E-state index in [0.717, 1.165) is 21.0 Å². The summed E-state index contributed by atoms with van der Waals surface area (Å²) in [5.74, 6) is 0. The number of anilines is 1. The molecule has 4 nitrogen and oxygen atoms in total. The largest absolute Gasteiger partial charge is 0.348 e. The maximum Gasteiger partial charge on any atom is 0.199 e. The lowest BCUT2D eigenvalue weighted by atomic mass is 10.3. The highest BCUT2D eigenvalue weighted by atomic mass is 32.1. The molecule has 0 unspecified atom stereocenters. The fraction of sp³-hybridized carbons (Fsp3) is 0.333. The van der Waals surface area contributed by atoms with Crippen LogP contribution >= 0.6 is 22.7 Å². The molecule has 0 atom stereocenters. The Hall–Kier alpha value is -1.66. The van der Waals surface area contributed by atoms with Gasteiger partial charge in [-0.1, -0.05) is 0 Å². The third-order valence-electron chi connectivity index (χ3n) is 3.85. The maximum absolute atomic E-state index is 11.8. The summed E-state index contributed by atoms with van der Waals surface area (Å²) in [5.41, 5.74) is 2.15. The van der Waals surface area contributed by atoms with Crippen LogP contribution in [0.15, 0.2) is 33.9 Å². The number of rotatable bonds is 4. The van der Waals surface area contributed by atoms with E-state index in [-0.39, 0.29) is 5.43 Å². The Kier molecular flexibility index (Phi) is 3.08. The SMILES string of the molecule is CN(c1nc(Cn2ccc(=O)c3sccc32)cs1)C1CC1. The van der Waals surface area contributed by atoms with Gasteiger partial charge in [0.25, 0.3) is 0 Å². The summed E-state index contributed by atoms with van der Waals surface area (Å²) in [5, 5.41) is 5.18. The van der Waals surface area contributed by atoms with E-state index in [1.165, 1.54) is 24.2 Å². The first kappa shape index (κ1) is 13.0. The molecule has 3 heterocycles. The average Bonchev–Trinajstić information content (AvgIpc) is 3.01. The van der Waals surface area contributed by atoms with Crippen LogP contribution in [0, 0.1) is 0 Å². The lowest BCUT2D eigenvalue weighted by Gasteiger charge is -2.13. The second-order valence-corrected chi connectivity index (χ2v) is 7.16. The molecule has 0 N–H and O–H groups in total. The summed E-state index contributed by atoms with van der Waals surface area (Å²) in [6.07, 6.45) is 4.42. The van der Waals surface area contributed by atoms with Crippen molar-refractivity contribution in [1.29, 1.82) is 0 Å². The van der Waals surface area contributed by atoms with Crippen LogP contribution in [-0.2, 0) is 6.54 Å². The van der Waals surface area contributed by atoms with Gasteiger partial charge in [-0.25, -0.2) is 4.98 Å². The number of pyridine rings is 1. The van der Waals surface area contributed by atoms with Gasteiger partial charge in [0.05, 0.1) is 22.5 Å². The fourth-order valence-corrected chi connectivity index (χ4v) is 4.17. The van der Waals surface area contributed by atoms with E-state index < -0.39 is 0 Å². The number of nitrogens with zero attached hydrogens (tertiary/aromatic N) is 3. The molecule has 0 aromatic carbocycles. The molecule has 21 heavy (non-hydrogen) atoms. The van der Waals surface area contributed by atoms with E-state index in [2.05, 4.69) is 21.9 Å². The molecule has 4 rings (SSSR count). The van der Waals surface area contributed by atoms with E-state index in [4.69, 9.17) is 4.98 Å². The fourth-order valence-electron chi connectivity index (χ4n) is 2.49. The minimum atomic E-state index is 0.101. The van der Waals surface area contributed by atoms with Gasteiger partial charge in [-0.15, -0.1) is 22.7 Å². The standard InChI is InChI=1S/C15H15N3OS2/c1-17(11-2-3-11)15-16-10(9-21-15)8-18-6-4-13(19)14-12(18)5-7-20-14/h4-7,9,11H,2-3,8H2,1H3. The summed E-state index contributed by atoms with van der Waals surface area (Å²) in [6, 6.07) is 4.33. The highest BCUT2D eigenvalue weighted by Crippen LogP contribution is 2.32. The molecule has 0 amide bonds. The maximum atomic E-state index is 11.8. The minimum Gasteiger partial charge on any atom is -0.348 e. The van der Waals surface area contributed by atoms with Gasteiger partial charge in [0.2, 0.25) is 0 Å². The lowest BCUT2D eigenvalue weighted by molar-refractivity contribution is 0.800. The summed E-state index contributed by atoms with van der Waals surface area (Å²) in [6.45, 7) is 0.711. The van der Waals surface area contributed by atoms with Crippen LogP contribution in [0.25, 0.3) is 10.2 Å². The lowest BCUT2D eigenvalue weighted by Crippen LogP contribution is -2.19. The first-order valence-corrected chi connectivity index (χ1v) is 8.72. The van der Waals surface area contributed by atoms with Crippen LogP contribution in [0.3, 0.4) is 0 Å². The van der Waals surface area contributed by atoms with Crippen molar-refractivity contribution in [3.8, 4) is 0 Å². The first-order valence-electron chi connectivity index (χ1n) is 6.96. The molecule has 3 aromatic rings. The molecule has 0 radical (unpaired) electrons. The topological polar surface area (TPSA) is 38.1 Å². The Labute approximate surface area is 130 Å². The molecule has 1 saturated carbocycles. The number of thiazole rings is 1. The molecule has 3 aromatic heterocycles. The van der Waals surface area contributed by atoms with E-state index in [0.29, 0.717) is 12.6 Å². The van der Waals surface area contributed by atoms with Gasteiger partial charge in [-0.2, -0.15) is 0 Å². The van der Waals surface area contributed by atoms with Gasteiger partial charge >= 0.3 is 0 Å². The van der Waals surface area contributed by atoms with Gasteiger partial charge in [0, 0.05) is 30.7 Å². The van der Waals surface area contributed by atoms with Crippen molar-refractivity contribution in [2.75, 3.05) is 11.9 Å². The van der Waals surface area contributed by atoms with Gasteiger partial charge in [-0.05, 0) is 24.3 Å². The summed E-state index contributed by atoms with van der Waals surface area (Å²) in [7, 11) is 2.12. The zero-order valence-electron chi connectivity index (χ0n) is 11.7. The molecular formula is C15H15N3OS2. The molecule has 1 aliphatic carbocycles. The van der Waals surface area contributed by atoms with Crippen LogP contribution in [-0.4, -0.2) is 22.6 Å². The van der Waals surface area contributed by atoms with Crippen molar-refractivity contribution in [1.82, 2.24) is 9.55 Å². The Bertz CT molecular complexity index is 844. The van der Waals surface area contributed by atoms with Crippen molar-refractivity contribution in [3.05, 3.63) is 45.0 Å². The molecule has 108 valence electrons. The smallest absolute Gasteiger partial charge is 0.199 e. The molecule has 1 fully saturated rings. The first-order chi connectivity index (χ1) is 10.2. The van der Waals surface area contributed by atoms with Crippen LogP contribution in [0.4, 0.5) is 5.13 Å². The van der Waals surface area contributed by atoms with Crippen molar-refractivity contribution in [2.24, 2.45) is 0 Å². The molecule has 1 aliphatic rings. The van der Waals surface area contributed by atoms with E-state index in [9.17, 15) is 4.79 Å². The van der Waals surface area contributed by atoms with Crippen molar-refractivity contribution in [3.63, 3.8) is 0 Å². The second-order valence-electron chi connectivity index (χ2n) is 5.41. The van der Waals surface area contributed by atoms with Crippen LogP contribution < -0.4 is 10.3 Å². The Morgan fingerprint density at radius 3 is 3.05 bits per heavy atom. The van der Waals surface area contributed by atoms with Crippen LogP contribution in [0.1, 0.15) is 18.5 Å². The van der Waals surface area contributed by atoms with Gasteiger partial charge in [-0.3, -0.25) is 4.79 Å². The monoisotopic (exact) mass is 317 g/mol. The zero-order chi connectivity index (χ0) is 14.4. The third kappa shape index (κ3) is 2.38. The van der Waals surface area contributed by atoms with Crippen LogP contribution in [0.5, 0.6) is 0 Å². The third-order valence-corrected chi connectivity index (χ3v) is 5.75. The molecule has 0 spiro atoms. The molecule has 0 aliphatic heterocycles. The molecular weight excluding hydrogens is 302 g/mol. The summed E-state index contributed by atoms with van der Waals surface area (Å²) < 4.78 is 2.92. The Morgan fingerprint density at radius 2 is 2.24 bits per heavy atom. The predicted octanol–water partition coefficient (Wildman–Crippen LogP) is 3.17. The highest BCUT2D eigenvalue weighted by molar-refractivity contribution is 7.17. The minimum absolute atomic E-state index is 0.101. The Morgan fingerprint density at radius 1 is 1.38 bits per heavy atom. The van der Waals surface area contributed by atoms with Gasteiger partial charge < -0.3 is 9.47 Å². The van der Waals surface area contributed by atoms with Crippen LogP contribution in [0.2, 0.25) is 0 Å². The van der Waals surface area contributed by atoms with E-state index in [1.807, 2.05) is 17.6 Å². The zero-order valence-corrected chi connectivity index (χ0v) is 13.3. The quantitative estimate of drug-likeness (QED) is 0.742. The number of fused-ring (bicyclic) bond motifs is 1. The van der Waals surface area contributed by atoms with E-state index in [1.54, 1.807) is 17.4 Å². The normalized spacial score (nSPS) is 14.7. The molecule has 0 saturated heterocycles. The Balaban J connectivity index is 1.64. The van der Waals surface area contributed by atoms with Crippen molar-refractivity contribution in [2.45, 2.75) is 25.4 Å². The summed E-state index contributed by atoms with van der Waals surface area (Å²) >= 11 is 3.20. The van der Waals surface area contributed by atoms with Gasteiger partial charge in [0.1, 0.15) is 0 Å². The number of thiophene rings is 1. The highest BCUT2D eigenvalue weighted by Gasteiger charge is 2.27. The van der Waals surface area contributed by atoms with Gasteiger partial charge in [0.15, 0.2) is 10.6 Å². The molecule has 6 heteroatoms. The molecule has 0 bridgehead atoms. The number of hydrogen-bond donors (Lipinski definition) is 0. The number of aromatic nitrogens is 2. The number of hydrogen-bond acceptors (Lipinski definition) is 5. The predicted molar refractivity (Wildman–Crippen MR) is 88.7 cm³/mol. The van der Waals surface area contributed by atoms with E-state index >= 15 is 0 Å². The van der Waals surface area contributed by atoms with Crippen molar-refractivity contribution >= 4 is 38.0 Å². The summed E-state index contributed by atoms with van der Waals surface area (Å²) in [4.78, 5) is 18.8. The van der Waals surface area contributed by atoms with Crippen molar-refractivity contribution < 1.29 is 0 Å². The average molecular weight is 317 g/mol.